The number of fused-ring (bicyclic) bond motifs is 1. The number of halogens is 1. The summed E-state index contributed by atoms with van der Waals surface area (Å²) in [5, 5.41) is 9.44. The molecule has 13 heavy (non-hydrogen) atoms. The lowest BCUT2D eigenvalue weighted by Crippen LogP contribution is -2.22. The lowest BCUT2D eigenvalue weighted by Gasteiger charge is -2.12. The average Bonchev–Trinajstić information content (AvgIpc) is 2.35. The van der Waals surface area contributed by atoms with Crippen molar-refractivity contribution in [3.8, 4) is 11.5 Å². The molecule has 70 valence electrons. The van der Waals surface area contributed by atoms with Crippen LogP contribution in [0.15, 0.2) is 12.1 Å². The van der Waals surface area contributed by atoms with Crippen LogP contribution in [0.2, 0.25) is 0 Å². The molecule has 1 atom stereocenters. The lowest BCUT2D eigenvalue weighted by atomic mass is 10.1. The maximum Gasteiger partial charge on any atom is 0.249 e. The van der Waals surface area contributed by atoms with Gasteiger partial charge in [-0.25, -0.2) is 0 Å². The minimum Gasteiger partial charge on any atom is -0.508 e. The zero-order chi connectivity index (χ0) is 9.64. The van der Waals surface area contributed by atoms with Crippen LogP contribution in [0.1, 0.15) is 18.1 Å². The number of hydrogen-bond acceptors (Lipinski definition) is 2. The fourth-order valence-corrected chi connectivity index (χ4v) is 1.61. The lowest BCUT2D eigenvalue weighted by molar-refractivity contribution is -0.0239. The molecule has 0 amide bonds. The van der Waals surface area contributed by atoms with Gasteiger partial charge in [0.2, 0.25) is 5.85 Å². The molecule has 1 aromatic rings. The van der Waals surface area contributed by atoms with E-state index < -0.39 is 5.85 Å². The highest BCUT2D eigenvalue weighted by atomic mass is 19.2. The molecule has 0 spiro atoms. The summed E-state index contributed by atoms with van der Waals surface area (Å²) in [5.74, 6) is -1.07. The number of aromatic hydroxyl groups is 1. The Morgan fingerprint density at radius 3 is 2.85 bits per heavy atom. The number of alkyl halides is 1. The normalized spacial score (nSPS) is 25.5. The van der Waals surface area contributed by atoms with Crippen LogP contribution in [-0.2, 0) is 6.42 Å². The molecule has 1 aromatic carbocycles. The first-order valence-corrected chi connectivity index (χ1v) is 4.19. The standard InChI is InChI=1S/C10H11FO2/c1-6-3-4-8(12)7-5-10(2,11)13-9(6)7/h3-4,12H,5H2,1-2H3. The van der Waals surface area contributed by atoms with E-state index in [1.807, 2.05) is 6.92 Å². The summed E-state index contributed by atoms with van der Waals surface area (Å²) >= 11 is 0. The van der Waals surface area contributed by atoms with E-state index >= 15 is 0 Å². The van der Waals surface area contributed by atoms with E-state index in [-0.39, 0.29) is 12.2 Å². The predicted octanol–water partition coefficient (Wildman–Crippen LogP) is 2.32. The van der Waals surface area contributed by atoms with Crippen molar-refractivity contribution in [1.29, 1.82) is 0 Å². The second-order valence-corrected chi connectivity index (χ2v) is 3.59. The van der Waals surface area contributed by atoms with Gasteiger partial charge in [-0.15, -0.1) is 0 Å². The Bertz CT molecular complexity index is 325. The van der Waals surface area contributed by atoms with Gasteiger partial charge in [0.25, 0.3) is 0 Å². The van der Waals surface area contributed by atoms with Gasteiger partial charge in [0.15, 0.2) is 0 Å². The predicted molar refractivity (Wildman–Crippen MR) is 46.7 cm³/mol. The summed E-state index contributed by atoms with van der Waals surface area (Å²) < 4.78 is 18.5. The van der Waals surface area contributed by atoms with E-state index in [0.717, 1.165) is 5.56 Å². The molecule has 1 aliphatic rings. The summed E-state index contributed by atoms with van der Waals surface area (Å²) in [5.41, 5.74) is 1.43. The summed E-state index contributed by atoms with van der Waals surface area (Å²) in [7, 11) is 0. The van der Waals surface area contributed by atoms with E-state index in [1.165, 1.54) is 6.92 Å². The third-order valence-corrected chi connectivity index (χ3v) is 2.24. The van der Waals surface area contributed by atoms with Crippen molar-refractivity contribution in [2.24, 2.45) is 0 Å². The van der Waals surface area contributed by atoms with Crippen LogP contribution in [0.5, 0.6) is 11.5 Å². The van der Waals surface area contributed by atoms with Crippen molar-refractivity contribution < 1.29 is 14.2 Å². The number of benzene rings is 1. The molecular weight excluding hydrogens is 171 g/mol. The van der Waals surface area contributed by atoms with Crippen LogP contribution in [-0.4, -0.2) is 11.0 Å². The van der Waals surface area contributed by atoms with Crippen LogP contribution >= 0.6 is 0 Å². The first-order valence-electron chi connectivity index (χ1n) is 4.19. The Morgan fingerprint density at radius 2 is 2.23 bits per heavy atom. The minimum atomic E-state index is -1.67. The Hall–Kier alpha value is -1.25. The quantitative estimate of drug-likeness (QED) is 0.667. The molecule has 2 rings (SSSR count). The number of rotatable bonds is 0. The van der Waals surface area contributed by atoms with Gasteiger partial charge in [-0.2, -0.15) is 4.39 Å². The van der Waals surface area contributed by atoms with E-state index in [9.17, 15) is 9.50 Å². The molecule has 1 heterocycles. The third kappa shape index (κ3) is 1.24. The van der Waals surface area contributed by atoms with Crippen LogP contribution in [0.25, 0.3) is 0 Å². The summed E-state index contributed by atoms with van der Waals surface area (Å²) in [6, 6.07) is 3.29. The maximum atomic E-state index is 13.4. The zero-order valence-corrected chi connectivity index (χ0v) is 7.60. The van der Waals surface area contributed by atoms with Crippen LogP contribution in [0, 0.1) is 6.92 Å². The first-order chi connectivity index (χ1) is 5.99. The molecule has 0 aliphatic carbocycles. The van der Waals surface area contributed by atoms with Crippen LogP contribution in [0.3, 0.4) is 0 Å². The number of aryl methyl sites for hydroxylation is 1. The maximum absolute atomic E-state index is 13.4. The number of phenolic OH excluding ortho intramolecular Hbond substituents is 1. The smallest absolute Gasteiger partial charge is 0.249 e. The molecule has 1 unspecified atom stereocenters. The van der Waals surface area contributed by atoms with Gasteiger partial charge in [0.1, 0.15) is 11.5 Å². The molecule has 0 saturated carbocycles. The molecule has 2 nitrogen and oxygen atoms in total. The summed E-state index contributed by atoms with van der Waals surface area (Å²) in [6.45, 7) is 3.20. The number of phenols is 1. The van der Waals surface area contributed by atoms with Crippen LogP contribution in [0.4, 0.5) is 4.39 Å². The minimum absolute atomic E-state index is 0.113. The van der Waals surface area contributed by atoms with Crippen molar-refractivity contribution in [3.63, 3.8) is 0 Å². The molecule has 0 saturated heterocycles. The van der Waals surface area contributed by atoms with Crippen molar-refractivity contribution >= 4 is 0 Å². The Labute approximate surface area is 76.0 Å². The monoisotopic (exact) mass is 182 g/mol. The Balaban J connectivity index is 2.56. The molecule has 0 fully saturated rings. The number of ether oxygens (including phenoxy) is 1. The largest absolute Gasteiger partial charge is 0.508 e. The SMILES string of the molecule is Cc1ccc(O)c2c1OC(C)(F)C2. The van der Waals surface area contributed by atoms with Gasteiger partial charge in [-0.1, -0.05) is 6.07 Å². The molecule has 3 heteroatoms. The average molecular weight is 182 g/mol. The highest BCUT2D eigenvalue weighted by Gasteiger charge is 2.37. The van der Waals surface area contributed by atoms with Crippen LogP contribution < -0.4 is 4.74 Å². The van der Waals surface area contributed by atoms with E-state index in [2.05, 4.69) is 0 Å². The highest BCUT2D eigenvalue weighted by Crippen LogP contribution is 2.42. The van der Waals surface area contributed by atoms with Gasteiger partial charge in [-0.3, -0.25) is 0 Å². The second-order valence-electron chi connectivity index (χ2n) is 3.59. The van der Waals surface area contributed by atoms with Gasteiger partial charge < -0.3 is 9.84 Å². The van der Waals surface area contributed by atoms with E-state index in [1.54, 1.807) is 12.1 Å². The van der Waals surface area contributed by atoms with Crippen molar-refractivity contribution in [2.75, 3.05) is 0 Å². The molecule has 1 aliphatic heterocycles. The van der Waals surface area contributed by atoms with E-state index in [0.29, 0.717) is 11.3 Å². The Morgan fingerprint density at radius 1 is 1.54 bits per heavy atom. The van der Waals surface area contributed by atoms with Gasteiger partial charge in [0.05, 0.1) is 0 Å². The fraction of sp³-hybridized carbons (Fsp3) is 0.400. The summed E-state index contributed by atoms with van der Waals surface area (Å²) in [6.07, 6.45) is 0.121. The van der Waals surface area contributed by atoms with Gasteiger partial charge >= 0.3 is 0 Å². The van der Waals surface area contributed by atoms with Crippen molar-refractivity contribution in [1.82, 2.24) is 0 Å². The fourth-order valence-electron chi connectivity index (χ4n) is 1.61. The van der Waals surface area contributed by atoms with Gasteiger partial charge in [0, 0.05) is 18.9 Å². The first kappa shape index (κ1) is 8.35. The summed E-state index contributed by atoms with van der Waals surface area (Å²) in [4.78, 5) is 0. The Kier molecular flexibility index (Phi) is 1.53. The molecule has 0 bridgehead atoms. The highest BCUT2D eigenvalue weighted by molar-refractivity contribution is 5.52. The van der Waals surface area contributed by atoms with Crippen molar-refractivity contribution in [3.05, 3.63) is 23.3 Å². The zero-order valence-electron chi connectivity index (χ0n) is 7.60. The van der Waals surface area contributed by atoms with E-state index in [4.69, 9.17) is 4.74 Å². The molecule has 0 radical (unpaired) electrons. The number of hydrogen-bond donors (Lipinski definition) is 1. The second kappa shape index (κ2) is 2.37. The molecule has 0 aromatic heterocycles. The van der Waals surface area contributed by atoms with Gasteiger partial charge in [-0.05, 0) is 18.6 Å². The molecular formula is C10H11FO2. The van der Waals surface area contributed by atoms with Crippen molar-refractivity contribution in [2.45, 2.75) is 26.1 Å². The molecule has 1 N–H and O–H groups in total. The topological polar surface area (TPSA) is 29.5 Å². The third-order valence-electron chi connectivity index (χ3n) is 2.24.